The SMILES string of the molecule is CC1[C@@H](c2ccccc2)[C@H](C(=O)N2Cc3nc(NC4CCOCC4)ncc3C[C@H]2C)C[C@H](C)N1C. The zero-order chi connectivity index (χ0) is 24.5. The first-order valence-electron chi connectivity index (χ1n) is 13.2. The van der Waals surface area contributed by atoms with Gasteiger partial charge >= 0.3 is 0 Å². The predicted molar refractivity (Wildman–Crippen MR) is 137 cm³/mol. The average molecular weight is 478 g/mol. The fourth-order valence-corrected chi connectivity index (χ4v) is 6.21. The summed E-state index contributed by atoms with van der Waals surface area (Å²) in [4.78, 5) is 28.2. The van der Waals surface area contributed by atoms with Crippen LogP contribution in [0.5, 0.6) is 0 Å². The third kappa shape index (κ3) is 4.94. The van der Waals surface area contributed by atoms with Crippen molar-refractivity contribution < 1.29 is 9.53 Å². The zero-order valence-corrected chi connectivity index (χ0v) is 21.5. The van der Waals surface area contributed by atoms with Crippen LogP contribution in [0.25, 0.3) is 0 Å². The van der Waals surface area contributed by atoms with Gasteiger partial charge in [0.05, 0.1) is 12.2 Å². The number of nitrogens with one attached hydrogen (secondary N) is 1. The summed E-state index contributed by atoms with van der Waals surface area (Å²) >= 11 is 0. The summed E-state index contributed by atoms with van der Waals surface area (Å²) in [7, 11) is 2.19. The lowest BCUT2D eigenvalue weighted by molar-refractivity contribution is -0.143. The maximum Gasteiger partial charge on any atom is 0.227 e. The van der Waals surface area contributed by atoms with E-state index in [2.05, 4.69) is 78.3 Å². The minimum atomic E-state index is -0.0377. The minimum Gasteiger partial charge on any atom is -0.381 e. The first-order chi connectivity index (χ1) is 16.9. The van der Waals surface area contributed by atoms with Gasteiger partial charge in [-0.05, 0) is 64.6 Å². The fourth-order valence-electron chi connectivity index (χ4n) is 6.21. The molecule has 2 aromatic rings. The number of amides is 1. The molecule has 3 aliphatic heterocycles. The van der Waals surface area contributed by atoms with Crippen LogP contribution in [-0.4, -0.2) is 70.1 Å². The minimum absolute atomic E-state index is 0.0377. The standard InChI is InChI=1S/C28H39N5O2/c1-18-15-24(26(20(3)32(18)4)21-8-6-5-7-9-21)27(34)33-17-25-22(14-19(33)2)16-29-28(31-25)30-23-10-12-35-13-11-23/h5-9,16,18-20,23-24,26H,10-15,17H2,1-4H3,(H,29,30,31)/t18-,19+,20?,24+,26-/m0/s1. The molecule has 1 unspecified atom stereocenters. The smallest absolute Gasteiger partial charge is 0.227 e. The number of anilines is 1. The number of rotatable bonds is 4. The molecular formula is C28H39N5O2. The highest BCUT2D eigenvalue weighted by Gasteiger charge is 2.44. The molecule has 188 valence electrons. The van der Waals surface area contributed by atoms with E-state index in [1.807, 2.05) is 6.20 Å². The first kappa shape index (κ1) is 24.2. The van der Waals surface area contributed by atoms with E-state index in [4.69, 9.17) is 9.72 Å². The van der Waals surface area contributed by atoms with Crippen molar-refractivity contribution in [3.8, 4) is 0 Å². The molecule has 35 heavy (non-hydrogen) atoms. The zero-order valence-electron chi connectivity index (χ0n) is 21.5. The summed E-state index contributed by atoms with van der Waals surface area (Å²) in [6, 6.07) is 11.7. The molecule has 2 saturated heterocycles. The number of likely N-dealkylation sites (N-methyl/N-ethyl adjacent to an activating group) is 1. The maximum absolute atomic E-state index is 14.2. The Morgan fingerprint density at radius 3 is 2.57 bits per heavy atom. The van der Waals surface area contributed by atoms with Crippen molar-refractivity contribution in [3.63, 3.8) is 0 Å². The van der Waals surface area contributed by atoms with Crippen LogP contribution in [0.15, 0.2) is 36.5 Å². The number of fused-ring (bicyclic) bond motifs is 1. The van der Waals surface area contributed by atoms with Crippen molar-refractivity contribution in [2.24, 2.45) is 5.92 Å². The number of ether oxygens (including phenoxy) is 1. The Morgan fingerprint density at radius 1 is 1.09 bits per heavy atom. The predicted octanol–water partition coefficient (Wildman–Crippen LogP) is 3.85. The van der Waals surface area contributed by atoms with Crippen LogP contribution in [0.4, 0.5) is 5.95 Å². The second-order valence-corrected chi connectivity index (χ2v) is 10.7. The molecule has 7 nitrogen and oxygen atoms in total. The van der Waals surface area contributed by atoms with Crippen LogP contribution < -0.4 is 5.32 Å². The summed E-state index contributed by atoms with van der Waals surface area (Å²) in [5, 5.41) is 3.48. The molecule has 0 saturated carbocycles. The van der Waals surface area contributed by atoms with Gasteiger partial charge in [0.1, 0.15) is 0 Å². The topological polar surface area (TPSA) is 70.6 Å². The van der Waals surface area contributed by atoms with Gasteiger partial charge in [-0.25, -0.2) is 9.97 Å². The van der Waals surface area contributed by atoms with Crippen molar-refractivity contribution in [2.75, 3.05) is 25.6 Å². The highest BCUT2D eigenvalue weighted by Crippen LogP contribution is 2.41. The van der Waals surface area contributed by atoms with E-state index in [1.165, 1.54) is 5.56 Å². The Kier molecular flexibility index (Phi) is 7.07. The van der Waals surface area contributed by atoms with Crippen LogP contribution in [0.2, 0.25) is 0 Å². The lowest BCUT2D eigenvalue weighted by atomic mass is 9.73. The lowest BCUT2D eigenvalue weighted by Gasteiger charge is -2.48. The monoisotopic (exact) mass is 477 g/mol. The number of nitrogens with zero attached hydrogens (tertiary/aromatic N) is 4. The molecule has 0 radical (unpaired) electrons. The van der Waals surface area contributed by atoms with Gasteiger partial charge in [-0.3, -0.25) is 4.79 Å². The van der Waals surface area contributed by atoms with Crippen molar-refractivity contribution in [1.29, 1.82) is 0 Å². The van der Waals surface area contributed by atoms with Crippen molar-refractivity contribution >= 4 is 11.9 Å². The van der Waals surface area contributed by atoms with E-state index >= 15 is 0 Å². The summed E-state index contributed by atoms with van der Waals surface area (Å²) in [5.74, 6) is 1.07. The number of hydrogen-bond donors (Lipinski definition) is 1. The first-order valence-corrected chi connectivity index (χ1v) is 13.2. The molecule has 4 heterocycles. The fraction of sp³-hybridized carbons (Fsp3) is 0.607. The van der Waals surface area contributed by atoms with Gasteiger partial charge in [0.15, 0.2) is 0 Å². The largest absolute Gasteiger partial charge is 0.381 e. The van der Waals surface area contributed by atoms with E-state index in [0.717, 1.165) is 50.2 Å². The van der Waals surface area contributed by atoms with E-state index in [9.17, 15) is 4.79 Å². The molecule has 5 atom stereocenters. The Morgan fingerprint density at radius 2 is 1.83 bits per heavy atom. The molecular weight excluding hydrogens is 438 g/mol. The number of benzene rings is 1. The second kappa shape index (κ2) is 10.2. The number of aromatic nitrogens is 2. The van der Waals surface area contributed by atoms with Crippen LogP contribution in [0.1, 0.15) is 62.8 Å². The summed E-state index contributed by atoms with van der Waals surface area (Å²) < 4.78 is 5.47. The number of likely N-dealkylation sites (tertiary alicyclic amines) is 1. The molecule has 1 amide bonds. The Hall–Kier alpha value is -2.51. The average Bonchev–Trinajstić information content (AvgIpc) is 2.87. The van der Waals surface area contributed by atoms with Gasteiger partial charge in [0, 0.05) is 55.4 Å². The molecule has 0 spiro atoms. The Balaban J connectivity index is 1.38. The molecule has 0 aliphatic carbocycles. The van der Waals surface area contributed by atoms with Crippen molar-refractivity contribution in [1.82, 2.24) is 19.8 Å². The van der Waals surface area contributed by atoms with Gasteiger partial charge in [0.25, 0.3) is 0 Å². The van der Waals surface area contributed by atoms with Crippen LogP contribution in [-0.2, 0) is 22.5 Å². The quantitative estimate of drug-likeness (QED) is 0.721. The number of piperidine rings is 1. The van der Waals surface area contributed by atoms with E-state index in [0.29, 0.717) is 30.6 Å². The summed E-state index contributed by atoms with van der Waals surface area (Å²) in [5.41, 5.74) is 3.39. The molecule has 7 heteroatoms. The van der Waals surface area contributed by atoms with Crippen LogP contribution in [0.3, 0.4) is 0 Å². The van der Waals surface area contributed by atoms with Crippen LogP contribution >= 0.6 is 0 Å². The molecule has 2 fully saturated rings. The Bertz CT molecular complexity index is 1030. The molecule has 0 bridgehead atoms. The van der Waals surface area contributed by atoms with E-state index in [-0.39, 0.29) is 23.8 Å². The summed E-state index contributed by atoms with van der Waals surface area (Å²) in [6.07, 6.45) is 5.56. The number of hydrogen-bond acceptors (Lipinski definition) is 6. The van der Waals surface area contributed by atoms with E-state index in [1.54, 1.807) is 0 Å². The Labute approximate surface area is 209 Å². The number of carbonyl (C=O) groups excluding carboxylic acids is 1. The highest BCUT2D eigenvalue weighted by atomic mass is 16.5. The van der Waals surface area contributed by atoms with Gasteiger partial charge in [0.2, 0.25) is 11.9 Å². The van der Waals surface area contributed by atoms with Gasteiger partial charge in [-0.2, -0.15) is 0 Å². The van der Waals surface area contributed by atoms with Crippen molar-refractivity contribution in [3.05, 3.63) is 53.3 Å². The number of carbonyl (C=O) groups is 1. The molecule has 5 rings (SSSR count). The van der Waals surface area contributed by atoms with Gasteiger partial charge in [-0.15, -0.1) is 0 Å². The molecule has 1 N–H and O–H groups in total. The van der Waals surface area contributed by atoms with Crippen LogP contribution in [0, 0.1) is 5.92 Å². The normalized spacial score (nSPS) is 30.1. The lowest BCUT2D eigenvalue weighted by Crippen LogP contribution is -2.55. The molecule has 1 aromatic heterocycles. The third-order valence-corrected chi connectivity index (χ3v) is 8.55. The second-order valence-electron chi connectivity index (χ2n) is 10.7. The van der Waals surface area contributed by atoms with E-state index < -0.39 is 0 Å². The van der Waals surface area contributed by atoms with Crippen molar-refractivity contribution in [2.45, 2.75) is 83.1 Å². The molecule has 1 aromatic carbocycles. The third-order valence-electron chi connectivity index (χ3n) is 8.55. The summed E-state index contributed by atoms with van der Waals surface area (Å²) in [6.45, 7) is 8.78. The van der Waals surface area contributed by atoms with Gasteiger partial charge < -0.3 is 19.9 Å². The molecule has 3 aliphatic rings. The maximum atomic E-state index is 14.2. The highest BCUT2D eigenvalue weighted by molar-refractivity contribution is 5.81. The van der Waals surface area contributed by atoms with Gasteiger partial charge in [-0.1, -0.05) is 30.3 Å².